The molecule has 1 amide bonds. The molecule has 0 atom stereocenters. The van der Waals surface area contributed by atoms with Gasteiger partial charge in [-0.05, 0) is 51.8 Å². The van der Waals surface area contributed by atoms with Gasteiger partial charge in [0, 0.05) is 31.6 Å². The highest BCUT2D eigenvalue weighted by molar-refractivity contribution is 5.79. The van der Waals surface area contributed by atoms with E-state index in [2.05, 4.69) is 30.9 Å². The molecule has 0 aliphatic carbocycles. The van der Waals surface area contributed by atoms with E-state index in [-0.39, 0.29) is 5.92 Å². The summed E-state index contributed by atoms with van der Waals surface area (Å²) in [6.07, 6.45) is 2.85. The van der Waals surface area contributed by atoms with Gasteiger partial charge >= 0.3 is 0 Å². The van der Waals surface area contributed by atoms with Crippen molar-refractivity contribution in [2.24, 2.45) is 11.7 Å². The van der Waals surface area contributed by atoms with E-state index in [1.807, 2.05) is 23.1 Å². The van der Waals surface area contributed by atoms with Gasteiger partial charge in [-0.15, -0.1) is 0 Å². The summed E-state index contributed by atoms with van der Waals surface area (Å²) in [5, 5.41) is 0. The van der Waals surface area contributed by atoms with Gasteiger partial charge in [-0.1, -0.05) is 30.3 Å². The Morgan fingerprint density at radius 1 is 1.22 bits per heavy atom. The normalized spacial score (nSPS) is 16.7. The van der Waals surface area contributed by atoms with E-state index in [0.29, 0.717) is 25.0 Å². The molecule has 128 valence electrons. The summed E-state index contributed by atoms with van der Waals surface area (Å²) in [6, 6.07) is 10.9. The molecular weight excluding hydrogens is 286 g/mol. The van der Waals surface area contributed by atoms with Crippen LogP contribution in [0.3, 0.4) is 0 Å². The minimum atomic E-state index is 0.173. The monoisotopic (exact) mass is 317 g/mol. The number of carbonyl (C=O) groups is 1. The molecule has 1 heterocycles. The van der Waals surface area contributed by atoms with Crippen molar-refractivity contribution in [1.29, 1.82) is 0 Å². The predicted molar refractivity (Wildman–Crippen MR) is 95.2 cm³/mol. The van der Waals surface area contributed by atoms with Crippen molar-refractivity contribution >= 4 is 5.91 Å². The fraction of sp³-hybridized carbons (Fsp3) is 0.632. The maximum Gasteiger partial charge on any atom is 0.225 e. The third-order valence-corrected chi connectivity index (χ3v) is 4.83. The van der Waals surface area contributed by atoms with Crippen LogP contribution in [0.5, 0.6) is 0 Å². The van der Waals surface area contributed by atoms with Crippen molar-refractivity contribution in [3.05, 3.63) is 35.9 Å². The molecule has 4 nitrogen and oxygen atoms in total. The molecule has 2 rings (SSSR count). The van der Waals surface area contributed by atoms with Crippen LogP contribution in [0.1, 0.15) is 32.3 Å². The van der Waals surface area contributed by atoms with Gasteiger partial charge in [0.2, 0.25) is 5.91 Å². The van der Waals surface area contributed by atoms with Gasteiger partial charge in [0.05, 0.1) is 0 Å². The lowest BCUT2D eigenvalue weighted by molar-refractivity contribution is -0.137. The molecule has 1 aliphatic rings. The highest BCUT2D eigenvalue weighted by Crippen LogP contribution is 2.21. The fourth-order valence-corrected chi connectivity index (χ4v) is 3.32. The van der Waals surface area contributed by atoms with Crippen LogP contribution in [-0.4, -0.2) is 54.5 Å². The Labute approximate surface area is 140 Å². The number of rotatable bonds is 7. The molecular formula is C19H31N3O. The van der Waals surface area contributed by atoms with Crippen LogP contribution in [0.2, 0.25) is 0 Å². The summed E-state index contributed by atoms with van der Waals surface area (Å²) < 4.78 is 0. The number of nitrogens with two attached hydrogens (primary N) is 1. The summed E-state index contributed by atoms with van der Waals surface area (Å²) in [7, 11) is 0. The smallest absolute Gasteiger partial charge is 0.225 e. The zero-order chi connectivity index (χ0) is 16.7. The number of piperidine rings is 1. The molecule has 2 N–H and O–H groups in total. The molecule has 0 bridgehead atoms. The summed E-state index contributed by atoms with van der Waals surface area (Å²) in [6.45, 7) is 8.48. The number of hydrogen-bond acceptors (Lipinski definition) is 3. The van der Waals surface area contributed by atoms with Crippen LogP contribution < -0.4 is 5.73 Å². The number of likely N-dealkylation sites (tertiary alicyclic amines) is 1. The number of nitrogens with zero attached hydrogens (tertiary/aromatic N) is 2. The van der Waals surface area contributed by atoms with Crippen molar-refractivity contribution in [3.8, 4) is 0 Å². The molecule has 1 aromatic rings. The van der Waals surface area contributed by atoms with Gasteiger partial charge < -0.3 is 15.5 Å². The SMILES string of the molecule is CC(C)N1CCC(C(=O)N(CCN)CCc2ccccc2)CC1. The summed E-state index contributed by atoms with van der Waals surface area (Å²) in [4.78, 5) is 17.3. The maximum absolute atomic E-state index is 12.8. The lowest BCUT2D eigenvalue weighted by atomic mass is 9.94. The van der Waals surface area contributed by atoms with E-state index in [4.69, 9.17) is 5.73 Å². The second kappa shape index (κ2) is 9.04. The van der Waals surface area contributed by atoms with Gasteiger partial charge in [0.25, 0.3) is 0 Å². The second-order valence-corrected chi connectivity index (χ2v) is 6.75. The van der Waals surface area contributed by atoms with Crippen molar-refractivity contribution in [2.75, 3.05) is 32.7 Å². The molecule has 23 heavy (non-hydrogen) atoms. The van der Waals surface area contributed by atoms with Crippen LogP contribution in [0.15, 0.2) is 30.3 Å². The van der Waals surface area contributed by atoms with Crippen molar-refractivity contribution in [3.63, 3.8) is 0 Å². The topological polar surface area (TPSA) is 49.6 Å². The summed E-state index contributed by atoms with van der Waals surface area (Å²) >= 11 is 0. The molecule has 1 aromatic carbocycles. The summed E-state index contributed by atoms with van der Waals surface area (Å²) in [5.74, 6) is 0.474. The van der Waals surface area contributed by atoms with E-state index in [1.165, 1.54) is 5.56 Å². The Morgan fingerprint density at radius 3 is 2.43 bits per heavy atom. The maximum atomic E-state index is 12.8. The number of carbonyl (C=O) groups excluding carboxylic acids is 1. The number of hydrogen-bond donors (Lipinski definition) is 1. The Balaban J connectivity index is 1.88. The zero-order valence-electron chi connectivity index (χ0n) is 14.6. The third-order valence-electron chi connectivity index (χ3n) is 4.83. The second-order valence-electron chi connectivity index (χ2n) is 6.75. The molecule has 1 saturated heterocycles. The molecule has 4 heteroatoms. The van der Waals surface area contributed by atoms with E-state index in [9.17, 15) is 4.79 Å². The number of benzene rings is 1. The molecule has 0 saturated carbocycles. The molecule has 0 spiro atoms. The Kier molecular flexibility index (Phi) is 7.06. The van der Waals surface area contributed by atoms with Gasteiger partial charge in [-0.2, -0.15) is 0 Å². The zero-order valence-corrected chi connectivity index (χ0v) is 14.6. The van der Waals surface area contributed by atoms with E-state index < -0.39 is 0 Å². The number of amides is 1. The molecule has 0 aromatic heterocycles. The molecule has 1 aliphatic heterocycles. The first-order chi connectivity index (χ1) is 11.1. The minimum Gasteiger partial charge on any atom is -0.341 e. The Bertz CT molecular complexity index is 467. The highest BCUT2D eigenvalue weighted by atomic mass is 16.2. The van der Waals surface area contributed by atoms with Crippen LogP contribution >= 0.6 is 0 Å². The van der Waals surface area contributed by atoms with E-state index in [0.717, 1.165) is 38.9 Å². The van der Waals surface area contributed by atoms with Crippen LogP contribution in [0.25, 0.3) is 0 Å². The first-order valence-electron chi connectivity index (χ1n) is 8.88. The van der Waals surface area contributed by atoms with Crippen LogP contribution in [0.4, 0.5) is 0 Å². The average molecular weight is 317 g/mol. The quantitative estimate of drug-likeness (QED) is 0.838. The first kappa shape index (κ1) is 18.0. The lowest BCUT2D eigenvalue weighted by Crippen LogP contribution is -2.46. The fourth-order valence-electron chi connectivity index (χ4n) is 3.32. The van der Waals surface area contributed by atoms with Crippen molar-refractivity contribution in [2.45, 2.75) is 39.2 Å². The van der Waals surface area contributed by atoms with E-state index in [1.54, 1.807) is 0 Å². The summed E-state index contributed by atoms with van der Waals surface area (Å²) in [5.41, 5.74) is 7.00. The molecule has 0 radical (unpaired) electrons. The predicted octanol–water partition coefficient (Wildman–Crippen LogP) is 2.14. The largest absolute Gasteiger partial charge is 0.341 e. The molecule has 0 unspecified atom stereocenters. The lowest BCUT2D eigenvalue weighted by Gasteiger charge is -2.36. The van der Waals surface area contributed by atoms with Crippen LogP contribution in [-0.2, 0) is 11.2 Å². The minimum absolute atomic E-state index is 0.173. The van der Waals surface area contributed by atoms with Crippen molar-refractivity contribution in [1.82, 2.24) is 9.80 Å². The van der Waals surface area contributed by atoms with Gasteiger partial charge in [-0.3, -0.25) is 4.79 Å². The van der Waals surface area contributed by atoms with Gasteiger partial charge in [0.15, 0.2) is 0 Å². The van der Waals surface area contributed by atoms with E-state index >= 15 is 0 Å². The molecule has 1 fully saturated rings. The highest BCUT2D eigenvalue weighted by Gasteiger charge is 2.28. The Morgan fingerprint density at radius 2 is 1.87 bits per heavy atom. The average Bonchev–Trinajstić information content (AvgIpc) is 2.59. The first-order valence-corrected chi connectivity index (χ1v) is 8.88. The standard InChI is InChI=1S/C19H31N3O/c1-16(2)21-13-9-18(10-14-21)19(23)22(15-11-20)12-8-17-6-4-3-5-7-17/h3-7,16,18H,8-15,20H2,1-2H3. The van der Waals surface area contributed by atoms with Gasteiger partial charge in [0.1, 0.15) is 0 Å². The third kappa shape index (κ3) is 5.33. The Hall–Kier alpha value is -1.39. The van der Waals surface area contributed by atoms with Gasteiger partial charge in [-0.25, -0.2) is 0 Å². The van der Waals surface area contributed by atoms with Crippen molar-refractivity contribution < 1.29 is 4.79 Å². The van der Waals surface area contributed by atoms with Crippen LogP contribution in [0, 0.1) is 5.92 Å².